The summed E-state index contributed by atoms with van der Waals surface area (Å²) in [4.78, 5) is 15.5. The Hall–Kier alpha value is -1.22. The number of rotatable bonds is 5. The number of methoxy groups -OCH3 is 2. The Kier molecular flexibility index (Phi) is 5.06. The van der Waals surface area contributed by atoms with E-state index >= 15 is 0 Å². The van der Waals surface area contributed by atoms with Crippen LogP contribution in [0.4, 0.5) is 0 Å². The van der Waals surface area contributed by atoms with Gasteiger partial charge in [-0.25, -0.2) is 13.2 Å². The highest BCUT2D eigenvalue weighted by Crippen LogP contribution is 2.32. The van der Waals surface area contributed by atoms with Gasteiger partial charge in [-0.15, -0.1) is 0 Å². The van der Waals surface area contributed by atoms with Crippen LogP contribution < -0.4 is 0 Å². The van der Waals surface area contributed by atoms with Crippen molar-refractivity contribution in [3.05, 3.63) is 23.0 Å². The molecule has 0 N–H and O–H groups in total. The highest BCUT2D eigenvalue weighted by molar-refractivity contribution is 7.89. The first-order chi connectivity index (χ1) is 10.3. The van der Waals surface area contributed by atoms with E-state index in [2.05, 4.69) is 9.72 Å². The third-order valence-corrected chi connectivity index (χ3v) is 6.10. The maximum absolute atomic E-state index is 12.5. The standard InChI is InChI=1S/C13H17ClN2O5S/c1-8-11(14)10(4-5-15-8)22(18,19)16-6-9(7-16)12(20-2)13(17)21-3/h4-5,9,12H,6-7H2,1-3H3. The Morgan fingerprint density at radius 3 is 2.64 bits per heavy atom. The van der Waals surface area contributed by atoms with Gasteiger partial charge in [-0.2, -0.15) is 4.31 Å². The van der Waals surface area contributed by atoms with E-state index in [1.165, 1.54) is 30.8 Å². The van der Waals surface area contributed by atoms with Crippen molar-refractivity contribution >= 4 is 27.6 Å². The van der Waals surface area contributed by atoms with E-state index in [4.69, 9.17) is 16.3 Å². The lowest BCUT2D eigenvalue weighted by Gasteiger charge is -2.40. The van der Waals surface area contributed by atoms with Crippen LogP contribution in [0.25, 0.3) is 0 Å². The Morgan fingerprint density at radius 2 is 2.09 bits per heavy atom. The minimum absolute atomic E-state index is 0.0205. The largest absolute Gasteiger partial charge is 0.467 e. The van der Waals surface area contributed by atoms with Gasteiger partial charge in [0, 0.05) is 32.3 Å². The van der Waals surface area contributed by atoms with Crippen LogP contribution in [0.15, 0.2) is 17.2 Å². The lowest BCUT2D eigenvalue weighted by atomic mass is 9.96. The van der Waals surface area contributed by atoms with Gasteiger partial charge in [-0.3, -0.25) is 4.98 Å². The smallest absolute Gasteiger partial charge is 0.335 e. The molecule has 0 spiro atoms. The molecule has 0 amide bonds. The number of carbonyl (C=O) groups is 1. The van der Waals surface area contributed by atoms with Crippen molar-refractivity contribution in [2.45, 2.75) is 17.9 Å². The maximum atomic E-state index is 12.5. The number of nitrogens with zero attached hydrogens (tertiary/aromatic N) is 2. The summed E-state index contributed by atoms with van der Waals surface area (Å²) in [7, 11) is -1.05. The average Bonchev–Trinajstić information content (AvgIpc) is 2.43. The number of hydrogen-bond acceptors (Lipinski definition) is 6. The molecule has 1 atom stereocenters. The van der Waals surface area contributed by atoms with Crippen LogP contribution in [-0.2, 0) is 24.3 Å². The summed E-state index contributed by atoms with van der Waals surface area (Å²) < 4.78 is 36.1. The van der Waals surface area contributed by atoms with Gasteiger partial charge in [0.1, 0.15) is 4.90 Å². The molecule has 9 heteroatoms. The predicted octanol–water partition coefficient (Wildman–Crippen LogP) is 0.852. The number of ether oxygens (including phenoxy) is 2. The summed E-state index contributed by atoms with van der Waals surface area (Å²) in [6.07, 6.45) is 0.628. The molecule has 0 saturated carbocycles. The highest BCUT2D eigenvalue weighted by atomic mass is 35.5. The van der Waals surface area contributed by atoms with Crippen molar-refractivity contribution in [3.63, 3.8) is 0 Å². The second kappa shape index (κ2) is 6.49. The Morgan fingerprint density at radius 1 is 1.45 bits per heavy atom. The minimum Gasteiger partial charge on any atom is -0.467 e. The lowest BCUT2D eigenvalue weighted by Crippen LogP contribution is -2.56. The molecule has 0 bridgehead atoms. The number of esters is 1. The predicted molar refractivity (Wildman–Crippen MR) is 79.0 cm³/mol. The molecule has 1 unspecified atom stereocenters. The molecule has 1 aliphatic heterocycles. The van der Waals surface area contributed by atoms with Crippen LogP contribution in [0.5, 0.6) is 0 Å². The zero-order chi connectivity index (χ0) is 16.5. The summed E-state index contributed by atoms with van der Waals surface area (Å²) >= 11 is 6.03. The van der Waals surface area contributed by atoms with E-state index < -0.39 is 22.1 Å². The molecule has 1 fully saturated rings. The van der Waals surface area contributed by atoms with E-state index in [0.29, 0.717) is 5.69 Å². The zero-order valence-corrected chi connectivity index (χ0v) is 14.0. The second-order valence-corrected chi connectivity index (χ2v) is 7.25. The molecule has 1 aromatic heterocycles. The van der Waals surface area contributed by atoms with Gasteiger partial charge in [-0.1, -0.05) is 11.6 Å². The molecule has 7 nitrogen and oxygen atoms in total. The summed E-state index contributed by atoms with van der Waals surface area (Å²) in [5, 5.41) is 0.113. The quantitative estimate of drug-likeness (QED) is 0.733. The van der Waals surface area contributed by atoms with E-state index in [1.54, 1.807) is 6.92 Å². The number of hydrogen-bond donors (Lipinski definition) is 0. The van der Waals surface area contributed by atoms with Crippen molar-refractivity contribution < 1.29 is 22.7 Å². The molecular weight excluding hydrogens is 332 g/mol. The number of aryl methyl sites for hydroxylation is 1. The van der Waals surface area contributed by atoms with Crippen LogP contribution in [-0.4, -0.2) is 57.1 Å². The molecule has 22 heavy (non-hydrogen) atoms. The van der Waals surface area contributed by atoms with Crippen molar-refractivity contribution in [1.29, 1.82) is 0 Å². The van der Waals surface area contributed by atoms with Gasteiger partial charge < -0.3 is 9.47 Å². The van der Waals surface area contributed by atoms with Gasteiger partial charge in [-0.05, 0) is 13.0 Å². The second-order valence-electron chi connectivity index (χ2n) is 4.97. The monoisotopic (exact) mass is 348 g/mol. The molecule has 1 aromatic rings. The van der Waals surface area contributed by atoms with E-state index in [0.717, 1.165) is 0 Å². The SMILES string of the molecule is COC(=O)C(OC)C1CN(S(=O)(=O)c2ccnc(C)c2Cl)C1. The topological polar surface area (TPSA) is 85.8 Å². The van der Waals surface area contributed by atoms with Crippen LogP contribution in [0.3, 0.4) is 0 Å². The summed E-state index contributed by atoms with van der Waals surface area (Å²) in [5.41, 5.74) is 0.448. The number of halogens is 1. The van der Waals surface area contributed by atoms with Crippen molar-refractivity contribution in [2.24, 2.45) is 5.92 Å². The molecule has 122 valence electrons. The molecule has 0 aromatic carbocycles. The molecule has 1 aliphatic rings. The zero-order valence-electron chi connectivity index (χ0n) is 12.4. The van der Waals surface area contributed by atoms with Gasteiger partial charge in [0.15, 0.2) is 6.10 Å². The molecule has 0 radical (unpaired) electrons. The highest BCUT2D eigenvalue weighted by Gasteiger charge is 2.44. The van der Waals surface area contributed by atoms with Gasteiger partial charge in [0.2, 0.25) is 10.0 Å². The lowest BCUT2D eigenvalue weighted by molar-refractivity contribution is -0.158. The molecular formula is C13H17ClN2O5S. The molecule has 2 rings (SSSR count). The Bertz CT molecular complexity index is 673. The van der Waals surface area contributed by atoms with Crippen molar-refractivity contribution in [2.75, 3.05) is 27.3 Å². The van der Waals surface area contributed by atoms with E-state index in [1.807, 2.05) is 0 Å². The molecule has 0 aliphatic carbocycles. The summed E-state index contributed by atoms with van der Waals surface area (Å²) in [6.45, 7) is 1.99. The number of sulfonamides is 1. The van der Waals surface area contributed by atoms with Crippen LogP contribution in [0.1, 0.15) is 5.69 Å². The van der Waals surface area contributed by atoms with Gasteiger partial charge in [0.25, 0.3) is 0 Å². The van der Waals surface area contributed by atoms with Crippen molar-refractivity contribution in [3.8, 4) is 0 Å². The van der Waals surface area contributed by atoms with Crippen LogP contribution in [0.2, 0.25) is 5.02 Å². The van der Waals surface area contributed by atoms with E-state index in [9.17, 15) is 13.2 Å². The third-order valence-electron chi connectivity index (χ3n) is 3.64. The number of pyridine rings is 1. The van der Waals surface area contributed by atoms with E-state index in [-0.39, 0.29) is 28.9 Å². The minimum atomic E-state index is -3.71. The Balaban J connectivity index is 2.15. The normalized spacial score (nSPS) is 17.8. The van der Waals surface area contributed by atoms with Crippen molar-refractivity contribution in [1.82, 2.24) is 9.29 Å². The Labute approximate surface area is 134 Å². The summed E-state index contributed by atoms with van der Waals surface area (Å²) in [5.74, 6) is -0.753. The van der Waals surface area contributed by atoms with Gasteiger partial charge in [0.05, 0.1) is 17.8 Å². The average molecular weight is 349 g/mol. The first-order valence-electron chi connectivity index (χ1n) is 6.54. The number of aromatic nitrogens is 1. The fraction of sp³-hybridized carbons (Fsp3) is 0.538. The molecule has 1 saturated heterocycles. The fourth-order valence-corrected chi connectivity index (χ4v) is 4.38. The van der Waals surface area contributed by atoms with Crippen LogP contribution >= 0.6 is 11.6 Å². The maximum Gasteiger partial charge on any atom is 0.335 e. The number of carbonyl (C=O) groups excluding carboxylic acids is 1. The van der Waals surface area contributed by atoms with Gasteiger partial charge >= 0.3 is 5.97 Å². The third kappa shape index (κ3) is 2.96. The molecule has 2 heterocycles. The fourth-order valence-electron chi connectivity index (χ4n) is 2.32. The first-order valence-corrected chi connectivity index (χ1v) is 8.36. The first kappa shape index (κ1) is 17.1. The summed E-state index contributed by atoms with van der Waals surface area (Å²) in [6, 6.07) is 1.37. The van der Waals surface area contributed by atoms with Crippen LogP contribution in [0, 0.1) is 12.8 Å².